The molecule has 0 unspecified atom stereocenters. The van der Waals surface area contributed by atoms with Gasteiger partial charge >= 0.3 is 5.00 Å². The van der Waals surface area contributed by atoms with Crippen LogP contribution in [-0.2, 0) is 0 Å². The predicted molar refractivity (Wildman–Crippen MR) is 79.6 cm³/mol. The van der Waals surface area contributed by atoms with Gasteiger partial charge < -0.3 is 4.52 Å². The van der Waals surface area contributed by atoms with Gasteiger partial charge in [0.25, 0.3) is 5.89 Å². The molecule has 0 saturated carbocycles. The molecule has 0 aliphatic rings. The van der Waals surface area contributed by atoms with Gasteiger partial charge in [-0.25, -0.2) is 8.78 Å². The Labute approximate surface area is 131 Å². The molecule has 0 aliphatic heterocycles. The lowest BCUT2D eigenvalue weighted by atomic mass is 10.2. The highest BCUT2D eigenvalue weighted by molar-refractivity contribution is 7.13. The molecule has 9 heteroatoms. The molecular weight excluding hydrogens is 328 g/mol. The van der Waals surface area contributed by atoms with Crippen molar-refractivity contribution >= 4 is 28.5 Å². The minimum atomic E-state index is -0.796. The Morgan fingerprint density at radius 3 is 2.65 bits per heavy atom. The highest BCUT2D eigenvalue weighted by atomic mass is 32.1. The van der Waals surface area contributed by atoms with Crippen LogP contribution in [0.3, 0.4) is 0 Å². The van der Waals surface area contributed by atoms with Crippen molar-refractivity contribution in [3.05, 3.63) is 62.8 Å². The molecule has 2 heterocycles. The second kappa shape index (κ2) is 6.05. The SMILES string of the molecule is O=[N+]([O-])c1cc(/C=C/c2nc(-c3c(F)cccc3F)no2)cs1. The number of benzene rings is 1. The fourth-order valence-electron chi connectivity index (χ4n) is 1.81. The third kappa shape index (κ3) is 3.14. The topological polar surface area (TPSA) is 82.1 Å². The molecule has 6 nitrogen and oxygen atoms in total. The number of nitrogens with zero attached hydrogens (tertiary/aromatic N) is 3. The van der Waals surface area contributed by atoms with Crippen molar-refractivity contribution in [1.29, 1.82) is 0 Å². The number of halogens is 2. The van der Waals surface area contributed by atoms with Gasteiger partial charge in [0.2, 0.25) is 5.82 Å². The van der Waals surface area contributed by atoms with E-state index in [1.54, 1.807) is 5.38 Å². The van der Waals surface area contributed by atoms with Crippen LogP contribution in [0.15, 0.2) is 34.2 Å². The second-order valence-corrected chi connectivity index (χ2v) is 5.25. The van der Waals surface area contributed by atoms with Gasteiger partial charge in [0.05, 0.1) is 10.5 Å². The molecule has 1 aromatic carbocycles. The highest BCUT2D eigenvalue weighted by Crippen LogP contribution is 2.25. The lowest BCUT2D eigenvalue weighted by Crippen LogP contribution is -1.91. The highest BCUT2D eigenvalue weighted by Gasteiger charge is 2.16. The van der Waals surface area contributed by atoms with Gasteiger partial charge in [0.1, 0.15) is 11.6 Å². The Morgan fingerprint density at radius 2 is 2.00 bits per heavy atom. The zero-order valence-corrected chi connectivity index (χ0v) is 12.1. The van der Waals surface area contributed by atoms with Crippen molar-refractivity contribution < 1.29 is 18.2 Å². The lowest BCUT2D eigenvalue weighted by Gasteiger charge is -1.97. The summed E-state index contributed by atoms with van der Waals surface area (Å²) in [5, 5.41) is 15.7. The van der Waals surface area contributed by atoms with Crippen molar-refractivity contribution in [2.75, 3.05) is 0 Å². The first-order chi connectivity index (χ1) is 11.0. The molecule has 0 spiro atoms. The lowest BCUT2D eigenvalue weighted by molar-refractivity contribution is -0.380. The molecule has 0 bridgehead atoms. The minimum absolute atomic E-state index is 0.00398. The van der Waals surface area contributed by atoms with Crippen LogP contribution in [0.25, 0.3) is 23.5 Å². The second-order valence-electron chi connectivity index (χ2n) is 4.36. The Morgan fingerprint density at radius 1 is 1.26 bits per heavy atom. The molecule has 0 fully saturated rings. The van der Waals surface area contributed by atoms with Gasteiger partial charge in [-0.3, -0.25) is 10.1 Å². The first kappa shape index (κ1) is 15.0. The number of thiophene rings is 1. The molecule has 23 heavy (non-hydrogen) atoms. The Kier molecular flexibility index (Phi) is 3.94. The van der Waals surface area contributed by atoms with Gasteiger partial charge in [-0.15, -0.1) is 0 Å². The zero-order valence-electron chi connectivity index (χ0n) is 11.3. The molecule has 0 N–H and O–H groups in total. The number of aromatic nitrogens is 2. The summed E-state index contributed by atoms with van der Waals surface area (Å²) in [6, 6.07) is 4.80. The maximum atomic E-state index is 13.6. The van der Waals surface area contributed by atoms with Gasteiger partial charge in [0, 0.05) is 17.5 Å². The van der Waals surface area contributed by atoms with Gasteiger partial charge in [-0.1, -0.05) is 22.6 Å². The van der Waals surface area contributed by atoms with Crippen LogP contribution >= 0.6 is 11.3 Å². The summed E-state index contributed by atoms with van der Waals surface area (Å²) in [7, 11) is 0. The third-order valence-electron chi connectivity index (χ3n) is 2.83. The molecule has 0 saturated heterocycles. The van der Waals surface area contributed by atoms with Gasteiger partial charge in [0.15, 0.2) is 0 Å². The largest absolute Gasteiger partial charge is 0.334 e. The van der Waals surface area contributed by atoms with Gasteiger partial charge in [-0.2, -0.15) is 4.98 Å². The number of hydrogen-bond acceptors (Lipinski definition) is 6. The van der Waals surface area contributed by atoms with E-state index in [1.807, 2.05) is 0 Å². The van der Waals surface area contributed by atoms with E-state index in [0.717, 1.165) is 23.5 Å². The molecule has 3 aromatic rings. The molecule has 0 radical (unpaired) electrons. The summed E-state index contributed by atoms with van der Waals surface area (Å²) in [6.07, 6.45) is 2.93. The minimum Gasteiger partial charge on any atom is -0.334 e. The molecule has 3 rings (SSSR count). The van der Waals surface area contributed by atoms with E-state index in [1.165, 1.54) is 24.3 Å². The van der Waals surface area contributed by atoms with Crippen molar-refractivity contribution in [3.8, 4) is 11.4 Å². The molecular formula is C14H7F2N3O3S. The van der Waals surface area contributed by atoms with Gasteiger partial charge in [-0.05, 0) is 23.8 Å². The normalized spacial score (nSPS) is 11.2. The average molecular weight is 335 g/mol. The van der Waals surface area contributed by atoms with Crippen LogP contribution < -0.4 is 0 Å². The number of nitro groups is 1. The van der Waals surface area contributed by atoms with E-state index >= 15 is 0 Å². The van der Waals surface area contributed by atoms with Crippen LogP contribution in [0.4, 0.5) is 13.8 Å². The van der Waals surface area contributed by atoms with E-state index in [2.05, 4.69) is 10.1 Å². The maximum absolute atomic E-state index is 13.6. The Hall–Kier alpha value is -2.94. The Bertz CT molecular complexity index is 884. The van der Waals surface area contributed by atoms with Crippen LogP contribution in [0.1, 0.15) is 11.5 Å². The fourth-order valence-corrected chi connectivity index (χ4v) is 2.50. The predicted octanol–water partition coefficient (Wildman–Crippen LogP) is 4.15. The van der Waals surface area contributed by atoms with Crippen molar-refractivity contribution in [2.45, 2.75) is 0 Å². The maximum Gasteiger partial charge on any atom is 0.324 e. The first-order valence-electron chi connectivity index (χ1n) is 6.23. The third-order valence-corrected chi connectivity index (χ3v) is 3.73. The zero-order chi connectivity index (χ0) is 16.4. The monoisotopic (exact) mass is 335 g/mol. The summed E-state index contributed by atoms with van der Waals surface area (Å²) in [5.41, 5.74) is 0.209. The van der Waals surface area contributed by atoms with E-state index < -0.39 is 16.6 Å². The first-order valence-corrected chi connectivity index (χ1v) is 7.11. The molecule has 116 valence electrons. The average Bonchev–Trinajstić information content (AvgIpc) is 3.14. The van der Waals surface area contributed by atoms with Crippen molar-refractivity contribution in [3.63, 3.8) is 0 Å². The number of rotatable bonds is 4. The van der Waals surface area contributed by atoms with E-state index in [-0.39, 0.29) is 22.3 Å². The molecule has 2 aromatic heterocycles. The van der Waals surface area contributed by atoms with Crippen LogP contribution in [0.2, 0.25) is 0 Å². The van der Waals surface area contributed by atoms with Crippen molar-refractivity contribution in [2.24, 2.45) is 0 Å². The fraction of sp³-hybridized carbons (Fsp3) is 0. The molecule has 0 atom stereocenters. The van der Waals surface area contributed by atoms with Crippen LogP contribution in [0, 0.1) is 21.7 Å². The summed E-state index contributed by atoms with van der Waals surface area (Å²) >= 11 is 0.983. The summed E-state index contributed by atoms with van der Waals surface area (Å²) in [6.45, 7) is 0. The molecule has 0 amide bonds. The quantitative estimate of drug-likeness (QED) is 0.528. The van der Waals surface area contributed by atoms with E-state index in [0.29, 0.717) is 5.56 Å². The van der Waals surface area contributed by atoms with E-state index in [4.69, 9.17) is 4.52 Å². The van der Waals surface area contributed by atoms with E-state index in [9.17, 15) is 18.9 Å². The molecule has 0 aliphatic carbocycles. The smallest absolute Gasteiger partial charge is 0.324 e. The van der Waals surface area contributed by atoms with Crippen LogP contribution in [0.5, 0.6) is 0 Å². The Balaban J connectivity index is 1.84. The summed E-state index contributed by atoms with van der Waals surface area (Å²) in [5.74, 6) is -1.78. The van der Waals surface area contributed by atoms with Crippen molar-refractivity contribution in [1.82, 2.24) is 10.1 Å². The summed E-state index contributed by atoms with van der Waals surface area (Å²) in [4.78, 5) is 14.0. The van der Waals surface area contributed by atoms with Crippen LogP contribution in [-0.4, -0.2) is 15.1 Å². The standard InChI is InChI=1S/C14H7F2N3O3S/c15-9-2-1-3-10(16)13(9)14-17-11(22-18-14)5-4-8-6-12(19(20)21)23-7-8/h1-7H/b5-4+. The number of hydrogen-bond donors (Lipinski definition) is 0. The summed E-state index contributed by atoms with van der Waals surface area (Å²) < 4.78 is 32.2.